The number of nitrogens with two attached hydrogens (primary N) is 1. The second-order valence-electron chi connectivity index (χ2n) is 4.99. The van der Waals surface area contributed by atoms with Crippen molar-refractivity contribution in [2.45, 2.75) is 19.9 Å². The fourth-order valence-electron chi connectivity index (χ4n) is 2.25. The molecule has 0 saturated carbocycles. The van der Waals surface area contributed by atoms with Gasteiger partial charge in [-0.15, -0.1) is 0 Å². The molecule has 110 valence electrons. The summed E-state index contributed by atoms with van der Waals surface area (Å²) in [6.45, 7) is 4.94. The van der Waals surface area contributed by atoms with Crippen LogP contribution in [0.2, 0.25) is 0 Å². The number of hydrogen-bond acceptors (Lipinski definition) is 5. The molecule has 0 bridgehead atoms. The zero-order chi connectivity index (χ0) is 15.0. The third kappa shape index (κ3) is 2.01. The van der Waals surface area contributed by atoms with Gasteiger partial charge in [-0.05, 0) is 13.8 Å². The fraction of sp³-hybridized carbons (Fsp3) is 0.583. The Balaban J connectivity index is 2.88. The number of aromatic nitrogens is 4. The summed E-state index contributed by atoms with van der Waals surface area (Å²) in [5.74, 6) is 0.554. The Hall–Kier alpha value is -2.09. The van der Waals surface area contributed by atoms with Crippen LogP contribution >= 0.6 is 0 Å². The smallest absolute Gasteiger partial charge is 0.332 e. The maximum absolute atomic E-state index is 12.2. The first-order chi connectivity index (χ1) is 9.40. The van der Waals surface area contributed by atoms with Gasteiger partial charge in [0.15, 0.2) is 11.2 Å². The summed E-state index contributed by atoms with van der Waals surface area (Å²) < 4.78 is 4.35. The van der Waals surface area contributed by atoms with Crippen molar-refractivity contribution in [1.82, 2.24) is 18.7 Å². The van der Waals surface area contributed by atoms with E-state index in [9.17, 15) is 9.59 Å². The van der Waals surface area contributed by atoms with E-state index in [0.29, 0.717) is 24.7 Å². The highest BCUT2D eigenvalue weighted by Gasteiger charge is 2.20. The summed E-state index contributed by atoms with van der Waals surface area (Å²) >= 11 is 0. The van der Waals surface area contributed by atoms with E-state index < -0.39 is 5.56 Å². The van der Waals surface area contributed by atoms with Crippen LogP contribution in [0.25, 0.3) is 11.2 Å². The van der Waals surface area contributed by atoms with E-state index in [-0.39, 0.29) is 17.2 Å². The lowest BCUT2D eigenvalue weighted by Crippen LogP contribution is -2.37. The van der Waals surface area contributed by atoms with E-state index in [1.165, 1.54) is 11.6 Å². The van der Waals surface area contributed by atoms with E-state index in [1.54, 1.807) is 7.05 Å². The van der Waals surface area contributed by atoms with Gasteiger partial charge in [0.2, 0.25) is 5.95 Å². The third-order valence-corrected chi connectivity index (χ3v) is 3.23. The minimum Gasteiger partial charge on any atom is -0.354 e. The SMILES string of the molecule is CC(C)n1c(NCCN)nc2c(=O)n(C)c(=O)n(C)c21. The standard InChI is InChI=1S/C12H20N6O2/c1-7(2)18-9-8(15-11(18)14-6-5-13)10(19)17(4)12(20)16(9)3/h7H,5-6,13H2,1-4H3,(H,14,15). The first-order valence-electron chi connectivity index (χ1n) is 6.52. The molecule has 0 aliphatic heterocycles. The van der Waals surface area contributed by atoms with Gasteiger partial charge in [0.1, 0.15) is 0 Å². The maximum atomic E-state index is 12.2. The second kappa shape index (κ2) is 5.12. The average molecular weight is 280 g/mol. The van der Waals surface area contributed by atoms with Crippen LogP contribution < -0.4 is 22.3 Å². The van der Waals surface area contributed by atoms with Crippen molar-refractivity contribution in [3.8, 4) is 0 Å². The topological polar surface area (TPSA) is 99.9 Å². The molecular weight excluding hydrogens is 260 g/mol. The van der Waals surface area contributed by atoms with E-state index in [0.717, 1.165) is 4.57 Å². The molecule has 2 heterocycles. The number of hydrogen-bond donors (Lipinski definition) is 2. The van der Waals surface area contributed by atoms with E-state index in [4.69, 9.17) is 5.73 Å². The highest BCUT2D eigenvalue weighted by molar-refractivity contribution is 5.74. The van der Waals surface area contributed by atoms with Gasteiger partial charge < -0.3 is 11.1 Å². The van der Waals surface area contributed by atoms with E-state index >= 15 is 0 Å². The third-order valence-electron chi connectivity index (χ3n) is 3.23. The molecular formula is C12H20N6O2. The van der Waals surface area contributed by atoms with Crippen molar-refractivity contribution >= 4 is 17.1 Å². The number of fused-ring (bicyclic) bond motifs is 1. The van der Waals surface area contributed by atoms with Gasteiger partial charge in [0.05, 0.1) is 0 Å². The molecule has 0 radical (unpaired) electrons. The monoisotopic (exact) mass is 280 g/mol. The van der Waals surface area contributed by atoms with Crippen LogP contribution in [0.3, 0.4) is 0 Å². The Bertz CT molecular complexity index is 752. The van der Waals surface area contributed by atoms with Crippen LogP contribution in [-0.4, -0.2) is 31.8 Å². The van der Waals surface area contributed by atoms with Gasteiger partial charge in [0, 0.05) is 33.2 Å². The molecule has 0 aliphatic carbocycles. The van der Waals surface area contributed by atoms with Crippen molar-refractivity contribution < 1.29 is 0 Å². The normalized spacial score (nSPS) is 11.5. The Kier molecular flexibility index (Phi) is 3.67. The fourth-order valence-corrected chi connectivity index (χ4v) is 2.25. The highest BCUT2D eigenvalue weighted by atomic mass is 16.2. The molecule has 0 atom stereocenters. The predicted molar refractivity (Wildman–Crippen MR) is 78.1 cm³/mol. The Morgan fingerprint density at radius 3 is 2.45 bits per heavy atom. The lowest BCUT2D eigenvalue weighted by Gasteiger charge is -2.15. The quantitative estimate of drug-likeness (QED) is 0.778. The second-order valence-corrected chi connectivity index (χ2v) is 4.99. The number of nitrogens with one attached hydrogen (secondary N) is 1. The molecule has 20 heavy (non-hydrogen) atoms. The molecule has 8 heteroatoms. The van der Waals surface area contributed by atoms with Crippen LogP contribution in [0.4, 0.5) is 5.95 Å². The first kappa shape index (κ1) is 14.3. The molecule has 3 N–H and O–H groups in total. The summed E-state index contributed by atoms with van der Waals surface area (Å²) in [5, 5.41) is 3.09. The number of rotatable bonds is 4. The summed E-state index contributed by atoms with van der Waals surface area (Å²) in [7, 11) is 3.09. The summed E-state index contributed by atoms with van der Waals surface area (Å²) in [5.41, 5.74) is 5.53. The van der Waals surface area contributed by atoms with Crippen LogP contribution in [0.1, 0.15) is 19.9 Å². The molecule has 0 amide bonds. The van der Waals surface area contributed by atoms with Crippen LogP contribution in [0.5, 0.6) is 0 Å². The number of anilines is 1. The number of aryl methyl sites for hydroxylation is 1. The molecule has 0 saturated heterocycles. The molecule has 0 fully saturated rings. The Morgan fingerprint density at radius 1 is 1.25 bits per heavy atom. The van der Waals surface area contributed by atoms with Crippen molar-refractivity contribution in [2.24, 2.45) is 19.8 Å². The van der Waals surface area contributed by atoms with Crippen molar-refractivity contribution in [1.29, 1.82) is 0 Å². The summed E-state index contributed by atoms with van der Waals surface area (Å²) in [6.07, 6.45) is 0. The maximum Gasteiger partial charge on any atom is 0.332 e. The molecule has 2 rings (SSSR count). The first-order valence-corrected chi connectivity index (χ1v) is 6.52. The minimum absolute atomic E-state index is 0.0537. The summed E-state index contributed by atoms with van der Waals surface area (Å²) in [6, 6.07) is 0.0537. The van der Waals surface area contributed by atoms with Crippen LogP contribution in [-0.2, 0) is 14.1 Å². The van der Waals surface area contributed by atoms with Crippen LogP contribution in [0, 0.1) is 0 Å². The molecule has 8 nitrogen and oxygen atoms in total. The van der Waals surface area contributed by atoms with Gasteiger partial charge in [-0.3, -0.25) is 18.5 Å². The molecule has 0 spiro atoms. The largest absolute Gasteiger partial charge is 0.354 e. The summed E-state index contributed by atoms with van der Waals surface area (Å²) in [4.78, 5) is 28.6. The Labute approximate surface area is 115 Å². The van der Waals surface area contributed by atoms with Crippen molar-refractivity contribution in [2.75, 3.05) is 18.4 Å². The lowest BCUT2D eigenvalue weighted by atomic mass is 10.4. The molecule has 2 aromatic rings. The lowest BCUT2D eigenvalue weighted by molar-refractivity contribution is 0.598. The molecule has 0 aliphatic rings. The predicted octanol–water partition coefficient (Wildman–Crippen LogP) is -0.615. The number of nitrogens with zero attached hydrogens (tertiary/aromatic N) is 4. The highest BCUT2D eigenvalue weighted by Crippen LogP contribution is 2.20. The van der Waals surface area contributed by atoms with E-state index in [1.807, 2.05) is 18.4 Å². The van der Waals surface area contributed by atoms with E-state index in [2.05, 4.69) is 10.3 Å². The molecule has 0 aromatic carbocycles. The van der Waals surface area contributed by atoms with Gasteiger partial charge in [-0.25, -0.2) is 9.78 Å². The van der Waals surface area contributed by atoms with Gasteiger partial charge in [-0.1, -0.05) is 0 Å². The average Bonchev–Trinajstić information content (AvgIpc) is 2.80. The van der Waals surface area contributed by atoms with Crippen molar-refractivity contribution in [3.05, 3.63) is 20.8 Å². The minimum atomic E-state index is -0.390. The van der Waals surface area contributed by atoms with Crippen molar-refractivity contribution in [3.63, 3.8) is 0 Å². The molecule has 2 aromatic heterocycles. The van der Waals surface area contributed by atoms with Gasteiger partial charge >= 0.3 is 5.69 Å². The number of imidazole rings is 1. The zero-order valence-corrected chi connectivity index (χ0v) is 12.2. The molecule has 0 unspecified atom stereocenters. The van der Waals surface area contributed by atoms with Gasteiger partial charge in [-0.2, -0.15) is 0 Å². The van der Waals surface area contributed by atoms with Gasteiger partial charge in [0.25, 0.3) is 5.56 Å². The Morgan fingerprint density at radius 2 is 1.90 bits per heavy atom. The zero-order valence-electron chi connectivity index (χ0n) is 12.2. The van der Waals surface area contributed by atoms with Crippen LogP contribution in [0.15, 0.2) is 9.59 Å².